The molecule has 0 unspecified atom stereocenters. The highest BCUT2D eigenvalue weighted by molar-refractivity contribution is 9.10. The van der Waals surface area contributed by atoms with Gasteiger partial charge in [0.05, 0.1) is 11.5 Å². The maximum atomic E-state index is 9.34. The molecule has 0 saturated heterocycles. The zero-order chi connectivity index (χ0) is 12.2. The first-order chi connectivity index (χ1) is 7.44. The number of hydrogen-bond acceptors (Lipinski definition) is 3. The molecule has 0 radical (unpaired) electrons. The SMILES string of the molecule is CC(C)(C#N)CNCc1cc(O)ccc1Br. The minimum Gasteiger partial charge on any atom is -0.508 e. The molecule has 0 aliphatic carbocycles. The van der Waals surface area contributed by atoms with Gasteiger partial charge in [-0.2, -0.15) is 5.26 Å². The van der Waals surface area contributed by atoms with Gasteiger partial charge in [0.15, 0.2) is 0 Å². The minimum absolute atomic E-state index is 0.250. The molecule has 1 aromatic carbocycles. The van der Waals surface area contributed by atoms with E-state index in [4.69, 9.17) is 5.26 Å². The number of benzene rings is 1. The largest absolute Gasteiger partial charge is 0.508 e. The summed E-state index contributed by atoms with van der Waals surface area (Å²) in [6.07, 6.45) is 0. The Balaban J connectivity index is 2.56. The summed E-state index contributed by atoms with van der Waals surface area (Å²) in [5.74, 6) is 0.250. The molecule has 0 aromatic heterocycles. The van der Waals surface area contributed by atoms with Crippen LogP contribution in [0.15, 0.2) is 22.7 Å². The molecule has 0 amide bonds. The van der Waals surface area contributed by atoms with Crippen LogP contribution in [0.2, 0.25) is 0 Å². The van der Waals surface area contributed by atoms with Crippen LogP contribution in [0.3, 0.4) is 0 Å². The fourth-order valence-electron chi connectivity index (χ4n) is 1.25. The lowest BCUT2D eigenvalue weighted by Gasteiger charge is -2.16. The summed E-state index contributed by atoms with van der Waals surface area (Å²) in [5, 5.41) is 21.4. The summed E-state index contributed by atoms with van der Waals surface area (Å²) < 4.78 is 0.951. The highest BCUT2D eigenvalue weighted by Crippen LogP contribution is 2.21. The number of nitriles is 1. The molecule has 4 heteroatoms. The molecule has 0 saturated carbocycles. The van der Waals surface area contributed by atoms with E-state index in [0.717, 1.165) is 10.0 Å². The molecule has 16 heavy (non-hydrogen) atoms. The van der Waals surface area contributed by atoms with Gasteiger partial charge in [0.1, 0.15) is 5.75 Å². The van der Waals surface area contributed by atoms with Crippen LogP contribution in [0.1, 0.15) is 19.4 Å². The fourth-order valence-corrected chi connectivity index (χ4v) is 1.63. The molecule has 3 nitrogen and oxygen atoms in total. The molecule has 0 bridgehead atoms. The van der Waals surface area contributed by atoms with Crippen LogP contribution < -0.4 is 5.32 Å². The second-order valence-electron chi connectivity index (χ2n) is 4.37. The Kier molecular flexibility index (Phi) is 4.34. The molecular formula is C12H15BrN2O. The van der Waals surface area contributed by atoms with E-state index in [1.54, 1.807) is 12.1 Å². The third kappa shape index (κ3) is 3.84. The van der Waals surface area contributed by atoms with Crippen molar-refractivity contribution in [3.63, 3.8) is 0 Å². The summed E-state index contributed by atoms with van der Waals surface area (Å²) in [6.45, 7) is 5.01. The molecule has 0 heterocycles. The van der Waals surface area contributed by atoms with E-state index >= 15 is 0 Å². The van der Waals surface area contributed by atoms with Gasteiger partial charge in [-0.05, 0) is 37.6 Å². The van der Waals surface area contributed by atoms with Crippen LogP contribution >= 0.6 is 15.9 Å². The number of aromatic hydroxyl groups is 1. The van der Waals surface area contributed by atoms with Crippen molar-refractivity contribution in [1.29, 1.82) is 5.26 Å². The average Bonchev–Trinajstić information content (AvgIpc) is 2.23. The van der Waals surface area contributed by atoms with Crippen LogP contribution in [0, 0.1) is 16.7 Å². The molecule has 86 valence electrons. The molecule has 1 rings (SSSR count). The van der Waals surface area contributed by atoms with Gasteiger partial charge in [-0.3, -0.25) is 0 Å². The van der Waals surface area contributed by atoms with Gasteiger partial charge < -0.3 is 10.4 Å². The average molecular weight is 283 g/mol. The quantitative estimate of drug-likeness (QED) is 0.893. The Labute approximate surface area is 104 Å². The van der Waals surface area contributed by atoms with E-state index < -0.39 is 0 Å². The lowest BCUT2D eigenvalue weighted by molar-refractivity contribution is 0.443. The maximum Gasteiger partial charge on any atom is 0.115 e. The van der Waals surface area contributed by atoms with Crippen LogP contribution in [-0.4, -0.2) is 11.7 Å². The Morgan fingerprint density at radius 2 is 2.19 bits per heavy atom. The molecule has 2 N–H and O–H groups in total. The zero-order valence-electron chi connectivity index (χ0n) is 9.42. The number of phenolic OH excluding ortho intramolecular Hbond substituents is 1. The molecule has 0 fully saturated rings. The Morgan fingerprint density at radius 1 is 1.50 bits per heavy atom. The summed E-state index contributed by atoms with van der Waals surface area (Å²) >= 11 is 3.41. The lowest BCUT2D eigenvalue weighted by Crippen LogP contribution is -2.27. The number of halogens is 1. The number of phenols is 1. The van der Waals surface area contributed by atoms with Crippen molar-refractivity contribution < 1.29 is 5.11 Å². The van der Waals surface area contributed by atoms with E-state index in [2.05, 4.69) is 27.3 Å². The van der Waals surface area contributed by atoms with Crippen molar-refractivity contribution in [2.45, 2.75) is 20.4 Å². The van der Waals surface area contributed by atoms with Crippen LogP contribution in [-0.2, 0) is 6.54 Å². The van der Waals surface area contributed by atoms with Crippen LogP contribution in [0.25, 0.3) is 0 Å². The first-order valence-electron chi connectivity index (χ1n) is 5.04. The van der Waals surface area contributed by atoms with Crippen molar-refractivity contribution in [3.05, 3.63) is 28.2 Å². The molecule has 0 spiro atoms. The van der Waals surface area contributed by atoms with Crippen molar-refractivity contribution >= 4 is 15.9 Å². The van der Waals surface area contributed by atoms with Crippen LogP contribution in [0.5, 0.6) is 5.75 Å². The summed E-state index contributed by atoms with van der Waals surface area (Å²) in [5.41, 5.74) is 0.609. The predicted molar refractivity (Wildman–Crippen MR) is 66.9 cm³/mol. The molecule has 1 aromatic rings. The monoisotopic (exact) mass is 282 g/mol. The second kappa shape index (κ2) is 5.33. The Morgan fingerprint density at radius 3 is 2.81 bits per heavy atom. The fraction of sp³-hybridized carbons (Fsp3) is 0.417. The van der Waals surface area contributed by atoms with E-state index in [0.29, 0.717) is 13.1 Å². The predicted octanol–water partition coefficient (Wildman–Crippen LogP) is 2.79. The van der Waals surface area contributed by atoms with E-state index in [1.165, 1.54) is 0 Å². The number of rotatable bonds is 4. The van der Waals surface area contributed by atoms with Crippen molar-refractivity contribution in [2.75, 3.05) is 6.54 Å². The van der Waals surface area contributed by atoms with Gasteiger partial charge >= 0.3 is 0 Å². The van der Waals surface area contributed by atoms with E-state index in [-0.39, 0.29) is 11.2 Å². The van der Waals surface area contributed by atoms with Gasteiger partial charge in [-0.15, -0.1) is 0 Å². The zero-order valence-corrected chi connectivity index (χ0v) is 11.0. The van der Waals surface area contributed by atoms with Crippen molar-refractivity contribution in [1.82, 2.24) is 5.32 Å². The number of hydrogen-bond donors (Lipinski definition) is 2. The highest BCUT2D eigenvalue weighted by atomic mass is 79.9. The summed E-state index contributed by atoms with van der Waals surface area (Å²) in [4.78, 5) is 0. The van der Waals surface area contributed by atoms with E-state index in [9.17, 15) is 5.11 Å². The third-order valence-electron chi connectivity index (χ3n) is 2.21. The molecule has 0 aliphatic rings. The van der Waals surface area contributed by atoms with Crippen molar-refractivity contribution in [2.24, 2.45) is 5.41 Å². The van der Waals surface area contributed by atoms with Crippen molar-refractivity contribution in [3.8, 4) is 11.8 Å². The first-order valence-corrected chi connectivity index (χ1v) is 5.83. The smallest absolute Gasteiger partial charge is 0.115 e. The van der Waals surface area contributed by atoms with E-state index in [1.807, 2.05) is 19.9 Å². The lowest BCUT2D eigenvalue weighted by atomic mass is 9.96. The van der Waals surface area contributed by atoms with Gasteiger partial charge in [0, 0.05) is 17.6 Å². The molecule has 0 atom stereocenters. The second-order valence-corrected chi connectivity index (χ2v) is 5.23. The summed E-state index contributed by atoms with van der Waals surface area (Å²) in [6, 6.07) is 7.37. The van der Waals surface area contributed by atoms with Crippen LogP contribution in [0.4, 0.5) is 0 Å². The van der Waals surface area contributed by atoms with Gasteiger partial charge in [0.25, 0.3) is 0 Å². The van der Waals surface area contributed by atoms with Gasteiger partial charge in [0.2, 0.25) is 0 Å². The first kappa shape index (κ1) is 13.0. The standard InChI is InChI=1S/C12H15BrN2O/c1-12(2,7-14)8-15-6-9-5-10(16)3-4-11(9)13/h3-5,15-16H,6,8H2,1-2H3. The molecular weight excluding hydrogens is 268 g/mol. The van der Waals surface area contributed by atoms with Gasteiger partial charge in [-0.1, -0.05) is 15.9 Å². The summed E-state index contributed by atoms with van der Waals surface area (Å²) in [7, 11) is 0. The topological polar surface area (TPSA) is 56.0 Å². The normalized spacial score (nSPS) is 11.1. The number of nitrogens with zero attached hydrogens (tertiary/aromatic N) is 1. The Hall–Kier alpha value is -1.05. The van der Waals surface area contributed by atoms with Gasteiger partial charge in [-0.25, -0.2) is 0 Å². The molecule has 0 aliphatic heterocycles. The highest BCUT2D eigenvalue weighted by Gasteiger charge is 2.15. The third-order valence-corrected chi connectivity index (χ3v) is 2.99. The maximum absolute atomic E-state index is 9.34. The number of nitrogens with one attached hydrogen (secondary N) is 1. The Bertz CT molecular complexity index is 410. The minimum atomic E-state index is -0.372.